The lowest BCUT2D eigenvalue weighted by Crippen LogP contribution is -2.49. The topological polar surface area (TPSA) is 98.7 Å². The average molecular weight is 408 g/mol. The second-order valence-electron chi connectivity index (χ2n) is 8.50. The van der Waals surface area contributed by atoms with Gasteiger partial charge in [-0.25, -0.2) is 0 Å². The zero-order chi connectivity index (χ0) is 21.6. The Morgan fingerprint density at radius 2 is 1.90 bits per heavy atom. The predicted molar refractivity (Wildman–Crippen MR) is 112 cm³/mol. The normalized spacial score (nSPS) is 28.6. The lowest BCUT2D eigenvalue weighted by Gasteiger charge is -2.34. The molecule has 0 radical (unpaired) electrons. The van der Waals surface area contributed by atoms with Crippen molar-refractivity contribution in [2.24, 2.45) is 23.7 Å². The smallest absolute Gasteiger partial charge is 0.243 e. The quantitative estimate of drug-likeness (QED) is 0.377. The van der Waals surface area contributed by atoms with Crippen molar-refractivity contribution in [3.05, 3.63) is 12.2 Å². The Morgan fingerprint density at radius 1 is 1.17 bits per heavy atom. The number of carbonyl (C=O) groups is 3. The van der Waals surface area contributed by atoms with Crippen LogP contribution in [-0.4, -0.2) is 60.0 Å². The van der Waals surface area contributed by atoms with Crippen molar-refractivity contribution in [3.63, 3.8) is 0 Å². The van der Waals surface area contributed by atoms with Crippen LogP contribution in [0.3, 0.4) is 0 Å². The van der Waals surface area contributed by atoms with E-state index in [4.69, 9.17) is 5.11 Å². The summed E-state index contributed by atoms with van der Waals surface area (Å²) in [6.45, 7) is 6.47. The molecule has 7 nitrogen and oxygen atoms in total. The molecule has 1 saturated heterocycles. The number of allylic oxidation sites excluding steroid dienone is 1. The van der Waals surface area contributed by atoms with Gasteiger partial charge < -0.3 is 20.6 Å². The van der Waals surface area contributed by atoms with E-state index in [2.05, 4.69) is 17.6 Å². The molecule has 0 saturated carbocycles. The van der Waals surface area contributed by atoms with E-state index in [-0.39, 0.29) is 42.2 Å². The average Bonchev–Trinajstić information content (AvgIpc) is 2.96. The van der Waals surface area contributed by atoms with E-state index in [0.29, 0.717) is 13.0 Å². The summed E-state index contributed by atoms with van der Waals surface area (Å²) in [5.74, 6) is -1.61. The number of amides is 3. The first kappa shape index (κ1) is 23.4. The first-order valence-corrected chi connectivity index (χ1v) is 11.0. The summed E-state index contributed by atoms with van der Waals surface area (Å²) in [6.07, 6.45) is 8.01. The van der Waals surface area contributed by atoms with Gasteiger partial charge in [0, 0.05) is 32.2 Å². The zero-order valence-corrected chi connectivity index (χ0v) is 18.2. The maximum atomic E-state index is 13.5. The predicted octanol–water partition coefficient (Wildman–Crippen LogP) is 1.47. The number of nitrogens with one attached hydrogen (secondary N) is 2. The molecule has 0 unspecified atom stereocenters. The van der Waals surface area contributed by atoms with Gasteiger partial charge in [0.1, 0.15) is 6.04 Å². The molecule has 0 spiro atoms. The minimum Gasteiger partial charge on any atom is -0.396 e. The fraction of sp³-hybridized carbons (Fsp3) is 0.773. The number of hydrogen-bond acceptors (Lipinski definition) is 4. The Kier molecular flexibility index (Phi) is 8.68. The van der Waals surface area contributed by atoms with E-state index >= 15 is 0 Å². The second kappa shape index (κ2) is 10.8. The number of fused-ring (bicyclic) bond motifs is 1. The molecule has 1 aliphatic carbocycles. The number of rotatable bonds is 10. The maximum absolute atomic E-state index is 13.5. The highest BCUT2D eigenvalue weighted by Crippen LogP contribution is 2.45. The van der Waals surface area contributed by atoms with Gasteiger partial charge in [0.2, 0.25) is 17.7 Å². The monoisotopic (exact) mass is 407 g/mol. The van der Waals surface area contributed by atoms with Crippen molar-refractivity contribution in [1.29, 1.82) is 0 Å². The summed E-state index contributed by atoms with van der Waals surface area (Å²) < 4.78 is 0. The van der Waals surface area contributed by atoms with Gasteiger partial charge in [-0.15, -0.1) is 0 Å². The lowest BCUT2D eigenvalue weighted by atomic mass is 9.68. The van der Waals surface area contributed by atoms with Crippen molar-refractivity contribution in [3.8, 4) is 0 Å². The van der Waals surface area contributed by atoms with E-state index in [9.17, 15) is 14.4 Å². The highest BCUT2D eigenvalue weighted by molar-refractivity contribution is 5.96. The summed E-state index contributed by atoms with van der Waals surface area (Å²) in [5, 5.41) is 14.7. The molecule has 0 aromatic rings. The molecule has 7 heteroatoms. The molecule has 1 fully saturated rings. The molecule has 5 atom stereocenters. The summed E-state index contributed by atoms with van der Waals surface area (Å²) in [5.41, 5.74) is 0. The summed E-state index contributed by atoms with van der Waals surface area (Å²) >= 11 is 0. The van der Waals surface area contributed by atoms with Crippen LogP contribution >= 0.6 is 0 Å². The van der Waals surface area contributed by atoms with Crippen LogP contribution in [0.25, 0.3) is 0 Å². The van der Waals surface area contributed by atoms with Crippen molar-refractivity contribution < 1.29 is 19.5 Å². The molecular formula is C22H37N3O4. The first-order valence-electron chi connectivity index (χ1n) is 11.0. The Labute approximate surface area is 174 Å². The maximum Gasteiger partial charge on any atom is 0.243 e. The van der Waals surface area contributed by atoms with Gasteiger partial charge in [0.25, 0.3) is 0 Å². The van der Waals surface area contributed by atoms with Crippen LogP contribution in [0.1, 0.15) is 52.9 Å². The van der Waals surface area contributed by atoms with Crippen molar-refractivity contribution >= 4 is 17.7 Å². The largest absolute Gasteiger partial charge is 0.396 e. The third-order valence-corrected chi connectivity index (χ3v) is 6.04. The molecule has 2 aliphatic rings. The van der Waals surface area contributed by atoms with Gasteiger partial charge in [-0.1, -0.05) is 25.5 Å². The highest BCUT2D eigenvalue weighted by atomic mass is 16.3. The molecule has 0 bridgehead atoms. The van der Waals surface area contributed by atoms with Crippen LogP contribution in [0.15, 0.2) is 12.2 Å². The van der Waals surface area contributed by atoms with Crippen LogP contribution in [0.4, 0.5) is 0 Å². The molecule has 1 aliphatic heterocycles. The Bertz CT molecular complexity index is 619. The Balaban J connectivity index is 2.36. The number of aliphatic hydroxyl groups excluding tert-OH is 1. The number of unbranched alkanes of at least 4 members (excludes halogenated alkanes) is 2. The number of likely N-dealkylation sites (tertiary alicyclic amines) is 1. The summed E-state index contributed by atoms with van der Waals surface area (Å²) in [7, 11) is 1.60. The van der Waals surface area contributed by atoms with E-state index in [1.165, 1.54) is 0 Å². The molecule has 164 valence electrons. The molecule has 2 rings (SSSR count). The molecule has 0 aromatic carbocycles. The standard InChI is InChI=1S/C22H37N3O4/c1-5-9-15-10-11-16-18(17(15)20(27)23-4)22(29)25(12-7-6-8-13-26)19(16)21(28)24-14(2)3/h10-11,14-19,26H,5-9,12-13H2,1-4H3,(H,23,27)(H,24,28)/t15-,16+,17-,18-,19+/m1/s1. The fourth-order valence-electron chi connectivity index (χ4n) is 4.81. The number of hydrogen-bond donors (Lipinski definition) is 3. The minimum atomic E-state index is -0.588. The SMILES string of the molecule is CCC[C@@H]1C=C[C@H]2[C@@H](C(=O)N(CCCCCO)[C@@H]2C(=O)NC(C)C)[C@@H]1C(=O)NC. The van der Waals surface area contributed by atoms with Crippen LogP contribution in [0.5, 0.6) is 0 Å². The Hall–Kier alpha value is -1.89. The Morgan fingerprint density at radius 3 is 2.48 bits per heavy atom. The molecule has 3 N–H and O–H groups in total. The van der Waals surface area contributed by atoms with Crippen LogP contribution in [0.2, 0.25) is 0 Å². The van der Waals surface area contributed by atoms with Gasteiger partial charge >= 0.3 is 0 Å². The summed E-state index contributed by atoms with van der Waals surface area (Å²) in [6, 6.07) is -0.613. The third-order valence-electron chi connectivity index (χ3n) is 6.04. The first-order chi connectivity index (χ1) is 13.9. The van der Waals surface area contributed by atoms with Crippen LogP contribution in [-0.2, 0) is 14.4 Å². The molecular weight excluding hydrogens is 370 g/mol. The third kappa shape index (κ3) is 5.18. The molecule has 1 heterocycles. The van der Waals surface area contributed by atoms with Crippen molar-refractivity contribution in [1.82, 2.24) is 15.5 Å². The van der Waals surface area contributed by atoms with E-state index in [1.807, 2.05) is 26.0 Å². The van der Waals surface area contributed by atoms with Crippen molar-refractivity contribution in [2.45, 2.75) is 65.0 Å². The van der Waals surface area contributed by atoms with E-state index < -0.39 is 17.9 Å². The van der Waals surface area contributed by atoms with E-state index in [1.54, 1.807) is 11.9 Å². The van der Waals surface area contributed by atoms with Gasteiger partial charge in [0.05, 0.1) is 11.8 Å². The minimum absolute atomic E-state index is 0.00768. The summed E-state index contributed by atoms with van der Waals surface area (Å²) in [4.78, 5) is 40.9. The van der Waals surface area contributed by atoms with Crippen LogP contribution < -0.4 is 10.6 Å². The molecule has 29 heavy (non-hydrogen) atoms. The molecule has 3 amide bonds. The van der Waals surface area contributed by atoms with Gasteiger partial charge in [-0.3, -0.25) is 14.4 Å². The highest BCUT2D eigenvalue weighted by Gasteiger charge is 2.56. The van der Waals surface area contributed by atoms with Gasteiger partial charge in [-0.2, -0.15) is 0 Å². The zero-order valence-electron chi connectivity index (χ0n) is 18.2. The number of aliphatic hydroxyl groups is 1. The fourth-order valence-corrected chi connectivity index (χ4v) is 4.81. The number of nitrogens with zero attached hydrogens (tertiary/aromatic N) is 1. The van der Waals surface area contributed by atoms with Crippen molar-refractivity contribution in [2.75, 3.05) is 20.2 Å². The van der Waals surface area contributed by atoms with Crippen LogP contribution in [0, 0.1) is 23.7 Å². The van der Waals surface area contributed by atoms with E-state index in [0.717, 1.165) is 25.7 Å². The second-order valence-corrected chi connectivity index (χ2v) is 8.50. The lowest BCUT2D eigenvalue weighted by molar-refractivity contribution is -0.141. The molecule has 0 aromatic heterocycles. The van der Waals surface area contributed by atoms with Gasteiger partial charge in [0.15, 0.2) is 0 Å². The number of carbonyl (C=O) groups excluding carboxylic acids is 3. The van der Waals surface area contributed by atoms with Gasteiger partial charge in [-0.05, 0) is 45.4 Å².